The maximum Gasteiger partial charge on any atom is 0.224 e. The topological polar surface area (TPSA) is 61.2 Å². The fourth-order valence-electron chi connectivity index (χ4n) is 11.4. The standard InChI is InChI=1S/C34H48N2O2/c1-21-8-12-34(20-36-15-10-27(36)38)14-13-33(7)29(28(34)22(21)2)24(37)16-26-31(5)18-23(19-35)17-30(3,4)25(31)9-11-32(26,33)6/h16,18,21-22,25,28-29H,8-15,17,20H2,1-7H3/t21-,22+,25+,28+,29-,31+,32-,33-,34-/m1/s1. The molecular weight excluding hydrogens is 468 g/mol. The summed E-state index contributed by atoms with van der Waals surface area (Å²) in [4.78, 5) is 29.2. The quantitative estimate of drug-likeness (QED) is 0.367. The predicted octanol–water partition coefficient (Wildman–Crippen LogP) is 7.12. The Bertz CT molecular complexity index is 1190. The van der Waals surface area contributed by atoms with Gasteiger partial charge in [0.1, 0.15) is 0 Å². The highest BCUT2D eigenvalue weighted by molar-refractivity contribution is 5.95. The SMILES string of the molecule is C[C@@H]1[C@H]2[C@H]3C(=O)C=C4[C@@]5(C)C=C(C#N)CC(C)(C)[C@@H]5CC[C@@]4(C)[C@]3(C)CC[C@@]2(CN2CCC2=O)CC[C@H]1C. The molecule has 0 aromatic heterocycles. The van der Waals surface area contributed by atoms with Gasteiger partial charge >= 0.3 is 0 Å². The lowest BCUT2D eigenvalue weighted by molar-refractivity contribution is -0.183. The molecule has 0 aromatic carbocycles. The van der Waals surface area contributed by atoms with Gasteiger partial charge in [0.25, 0.3) is 0 Å². The van der Waals surface area contributed by atoms with Gasteiger partial charge in [-0.25, -0.2) is 0 Å². The fourth-order valence-corrected chi connectivity index (χ4v) is 11.4. The number of allylic oxidation sites excluding steroid dienone is 4. The van der Waals surface area contributed by atoms with E-state index in [0.29, 0.717) is 41.8 Å². The van der Waals surface area contributed by atoms with Gasteiger partial charge in [-0.1, -0.05) is 60.1 Å². The number of ketones is 1. The molecule has 0 N–H and O–H groups in total. The van der Waals surface area contributed by atoms with Gasteiger partial charge in [0, 0.05) is 36.4 Å². The van der Waals surface area contributed by atoms with Crippen molar-refractivity contribution in [2.75, 3.05) is 13.1 Å². The first-order valence-corrected chi connectivity index (χ1v) is 15.4. The summed E-state index contributed by atoms with van der Waals surface area (Å²) < 4.78 is 0. The number of nitriles is 1. The molecule has 0 aromatic rings. The zero-order valence-electron chi connectivity index (χ0n) is 24.8. The number of fused-ring (bicyclic) bond motifs is 7. The Kier molecular flexibility index (Phi) is 5.60. The Morgan fingerprint density at radius 2 is 1.76 bits per heavy atom. The zero-order chi connectivity index (χ0) is 27.5. The molecule has 1 heterocycles. The number of carbonyl (C=O) groups excluding carboxylic acids is 2. The lowest BCUT2D eigenvalue weighted by Gasteiger charge is -2.70. The van der Waals surface area contributed by atoms with Crippen LogP contribution in [0, 0.1) is 68.0 Å². The Balaban J connectivity index is 1.49. The van der Waals surface area contributed by atoms with E-state index in [9.17, 15) is 14.9 Å². The second kappa shape index (κ2) is 8.08. The number of hydrogen-bond donors (Lipinski definition) is 0. The van der Waals surface area contributed by atoms with Crippen molar-refractivity contribution in [1.29, 1.82) is 5.26 Å². The van der Waals surface area contributed by atoms with Gasteiger partial charge < -0.3 is 4.90 Å². The maximum atomic E-state index is 14.6. The van der Waals surface area contributed by atoms with Crippen molar-refractivity contribution >= 4 is 11.7 Å². The van der Waals surface area contributed by atoms with Gasteiger partial charge in [0.05, 0.1) is 6.07 Å². The van der Waals surface area contributed by atoms with Crippen LogP contribution < -0.4 is 0 Å². The summed E-state index contributed by atoms with van der Waals surface area (Å²) in [7, 11) is 0. The molecule has 9 atom stereocenters. The Labute approximate surface area is 230 Å². The number of hydrogen-bond acceptors (Lipinski definition) is 3. The summed E-state index contributed by atoms with van der Waals surface area (Å²) in [6.07, 6.45) is 12.7. The van der Waals surface area contributed by atoms with E-state index in [4.69, 9.17) is 0 Å². The second-order valence-corrected chi connectivity index (χ2v) is 15.8. The van der Waals surface area contributed by atoms with Crippen molar-refractivity contribution in [1.82, 2.24) is 4.90 Å². The summed E-state index contributed by atoms with van der Waals surface area (Å²) in [6, 6.07) is 2.51. The molecule has 5 aliphatic carbocycles. The van der Waals surface area contributed by atoms with Gasteiger partial charge in [-0.2, -0.15) is 5.26 Å². The molecule has 0 radical (unpaired) electrons. The molecule has 0 spiro atoms. The van der Waals surface area contributed by atoms with E-state index >= 15 is 0 Å². The number of carbonyl (C=O) groups is 2. The van der Waals surface area contributed by atoms with Crippen molar-refractivity contribution in [3.05, 3.63) is 23.3 Å². The molecule has 6 rings (SSSR count). The Morgan fingerprint density at radius 3 is 2.39 bits per heavy atom. The fraction of sp³-hybridized carbons (Fsp3) is 0.794. The predicted molar refractivity (Wildman–Crippen MR) is 150 cm³/mol. The summed E-state index contributed by atoms with van der Waals surface area (Å²) in [5, 5.41) is 9.97. The van der Waals surface area contributed by atoms with Gasteiger partial charge in [-0.3, -0.25) is 9.59 Å². The van der Waals surface area contributed by atoms with E-state index in [2.05, 4.69) is 71.6 Å². The number of likely N-dealkylation sites (tertiary alicyclic amines) is 1. The van der Waals surface area contributed by atoms with Gasteiger partial charge in [0.15, 0.2) is 5.78 Å². The van der Waals surface area contributed by atoms with E-state index in [1.165, 1.54) is 12.0 Å². The zero-order valence-corrected chi connectivity index (χ0v) is 24.8. The minimum atomic E-state index is -0.256. The van der Waals surface area contributed by atoms with E-state index in [0.717, 1.165) is 57.2 Å². The molecule has 206 valence electrons. The first-order valence-electron chi connectivity index (χ1n) is 15.4. The molecule has 4 heteroatoms. The van der Waals surface area contributed by atoms with Gasteiger partial charge in [0.2, 0.25) is 5.91 Å². The molecule has 1 saturated heterocycles. The molecule has 4 nitrogen and oxygen atoms in total. The lowest BCUT2D eigenvalue weighted by atomic mass is 9.34. The molecule has 38 heavy (non-hydrogen) atoms. The maximum absolute atomic E-state index is 14.6. The van der Waals surface area contributed by atoms with Crippen LogP contribution in [0.3, 0.4) is 0 Å². The number of β-lactam (4-membered cyclic amide) rings is 1. The average molecular weight is 517 g/mol. The summed E-state index contributed by atoms with van der Waals surface area (Å²) in [5.41, 5.74) is 1.86. The molecule has 6 aliphatic rings. The van der Waals surface area contributed by atoms with Crippen molar-refractivity contribution < 1.29 is 9.59 Å². The molecule has 1 amide bonds. The first kappa shape index (κ1) is 26.3. The highest BCUT2D eigenvalue weighted by atomic mass is 16.2. The molecule has 0 bridgehead atoms. The van der Waals surface area contributed by atoms with Gasteiger partial charge in [-0.05, 0) is 96.4 Å². The smallest absolute Gasteiger partial charge is 0.224 e. The van der Waals surface area contributed by atoms with Crippen LogP contribution in [-0.2, 0) is 9.59 Å². The van der Waals surface area contributed by atoms with Crippen LogP contribution in [0.2, 0.25) is 0 Å². The van der Waals surface area contributed by atoms with Crippen molar-refractivity contribution in [2.24, 2.45) is 56.7 Å². The van der Waals surface area contributed by atoms with Crippen LogP contribution in [0.5, 0.6) is 0 Å². The van der Waals surface area contributed by atoms with E-state index in [-0.39, 0.29) is 33.0 Å². The highest BCUT2D eigenvalue weighted by Gasteiger charge is 2.69. The largest absolute Gasteiger partial charge is 0.342 e. The van der Waals surface area contributed by atoms with Crippen LogP contribution >= 0.6 is 0 Å². The number of nitrogens with zero attached hydrogens (tertiary/aromatic N) is 2. The van der Waals surface area contributed by atoms with E-state index in [1.807, 2.05) is 0 Å². The highest BCUT2D eigenvalue weighted by Crippen LogP contribution is 2.74. The monoisotopic (exact) mass is 516 g/mol. The Morgan fingerprint density at radius 1 is 1.03 bits per heavy atom. The van der Waals surface area contributed by atoms with Crippen LogP contribution in [0.1, 0.15) is 99.8 Å². The third kappa shape index (κ3) is 3.20. The summed E-state index contributed by atoms with van der Waals surface area (Å²) in [5.74, 6) is 2.47. The van der Waals surface area contributed by atoms with Crippen molar-refractivity contribution in [3.63, 3.8) is 0 Å². The minimum Gasteiger partial charge on any atom is -0.342 e. The molecule has 1 aliphatic heterocycles. The number of amides is 1. The van der Waals surface area contributed by atoms with E-state index < -0.39 is 0 Å². The molecular formula is C34H48N2O2. The summed E-state index contributed by atoms with van der Waals surface area (Å²) in [6.45, 7) is 18.5. The third-order valence-corrected chi connectivity index (χ3v) is 13.8. The van der Waals surface area contributed by atoms with Crippen LogP contribution in [0.25, 0.3) is 0 Å². The average Bonchev–Trinajstić information content (AvgIpc) is 2.85. The third-order valence-electron chi connectivity index (χ3n) is 13.8. The molecule has 3 saturated carbocycles. The second-order valence-electron chi connectivity index (χ2n) is 15.8. The summed E-state index contributed by atoms with van der Waals surface area (Å²) >= 11 is 0. The molecule has 0 unspecified atom stereocenters. The lowest BCUT2D eigenvalue weighted by Crippen LogP contribution is -2.67. The van der Waals surface area contributed by atoms with Crippen LogP contribution in [-0.4, -0.2) is 29.7 Å². The Hall–Kier alpha value is -1.89. The van der Waals surface area contributed by atoms with E-state index in [1.54, 1.807) is 0 Å². The molecule has 4 fully saturated rings. The number of rotatable bonds is 2. The van der Waals surface area contributed by atoms with Crippen LogP contribution in [0.4, 0.5) is 0 Å². The normalized spacial score (nSPS) is 49.3. The van der Waals surface area contributed by atoms with Crippen LogP contribution in [0.15, 0.2) is 23.3 Å². The van der Waals surface area contributed by atoms with Gasteiger partial charge in [-0.15, -0.1) is 0 Å². The van der Waals surface area contributed by atoms with Crippen molar-refractivity contribution in [2.45, 2.75) is 99.8 Å². The minimum absolute atomic E-state index is 0.00953. The first-order chi connectivity index (χ1) is 17.7. The van der Waals surface area contributed by atoms with Crippen molar-refractivity contribution in [3.8, 4) is 6.07 Å².